The van der Waals surface area contributed by atoms with Gasteiger partial charge in [-0.1, -0.05) is 239 Å². The Balaban J connectivity index is 0.907. The molecular weight excluding hydrogens is 1300 g/mol. The van der Waals surface area contributed by atoms with Gasteiger partial charge >= 0.3 is 0 Å². The van der Waals surface area contributed by atoms with Gasteiger partial charge < -0.3 is 28.0 Å². The maximum absolute atomic E-state index is 8.13. The van der Waals surface area contributed by atoms with Crippen molar-refractivity contribution in [3.05, 3.63) is 356 Å². The van der Waals surface area contributed by atoms with Crippen LogP contribution in [0.3, 0.4) is 0 Å². The number of rotatable bonds is 11. The first-order valence-electron chi connectivity index (χ1n) is 36.4. The number of pyridine rings is 2. The molecule has 0 spiro atoms. The lowest BCUT2D eigenvalue weighted by Crippen LogP contribution is -2.23. The molecule has 7 heterocycles. The van der Waals surface area contributed by atoms with Crippen molar-refractivity contribution in [3.63, 3.8) is 0 Å². The summed E-state index contributed by atoms with van der Waals surface area (Å²) < 4.78 is 22.9. The molecule has 2 aliphatic heterocycles. The van der Waals surface area contributed by atoms with Gasteiger partial charge in [-0.15, -0.1) is 0 Å². The van der Waals surface area contributed by atoms with Gasteiger partial charge in [-0.25, -0.2) is 0 Å². The Morgan fingerprint density at radius 3 is 1.93 bits per heavy atom. The smallest absolute Gasteiger partial charge is 0.160 e. The molecule has 0 saturated heterocycles. The molecule has 5 aromatic heterocycles. The lowest BCUT2D eigenvalue weighted by molar-refractivity contribution is 0.590. The van der Waals surface area contributed by atoms with Crippen molar-refractivity contribution in [2.75, 3.05) is 21.2 Å². The van der Waals surface area contributed by atoms with Crippen molar-refractivity contribution in [3.8, 4) is 44.6 Å². The molecule has 0 fully saturated rings. The van der Waals surface area contributed by atoms with Gasteiger partial charge in [-0.3, -0.25) is 9.97 Å². The molecule has 8 heteroatoms. The molecular formula is C98H67N5O3. The van der Waals surface area contributed by atoms with Crippen molar-refractivity contribution in [2.24, 2.45) is 0 Å². The van der Waals surface area contributed by atoms with Crippen LogP contribution in [0.1, 0.15) is 49.1 Å². The van der Waals surface area contributed by atoms with Crippen LogP contribution in [-0.4, -0.2) is 16.5 Å². The Morgan fingerprint density at radius 1 is 0.406 bits per heavy atom. The van der Waals surface area contributed by atoms with Crippen LogP contribution in [0, 0.1) is 0 Å². The van der Waals surface area contributed by atoms with E-state index in [0.29, 0.717) is 12.1 Å². The van der Waals surface area contributed by atoms with Gasteiger partial charge in [-0.05, 0) is 168 Å². The fraction of sp³-hybridized carbons (Fsp3) is 0.0612. The molecule has 0 saturated carbocycles. The number of allylic oxidation sites excluding steroid dienone is 2. The average Bonchev–Trinajstić information content (AvgIpc) is 1.50. The third kappa shape index (κ3) is 9.54. The van der Waals surface area contributed by atoms with Crippen LogP contribution in [0.2, 0.25) is 0 Å². The molecule has 106 heavy (non-hydrogen) atoms. The van der Waals surface area contributed by atoms with Crippen LogP contribution in [0.15, 0.2) is 347 Å². The minimum atomic E-state index is -0.298. The molecule has 0 aliphatic carbocycles. The van der Waals surface area contributed by atoms with Crippen LogP contribution >= 0.6 is 0 Å². The molecule has 8 nitrogen and oxygen atoms in total. The van der Waals surface area contributed by atoms with Crippen LogP contribution in [0.4, 0.5) is 34.1 Å². The Hall–Kier alpha value is -13.6. The maximum atomic E-state index is 8.13. The van der Waals surface area contributed by atoms with Gasteiger partial charge in [0.1, 0.15) is 22.3 Å². The topological polar surface area (TPSA) is 74.9 Å². The van der Waals surface area contributed by atoms with E-state index in [2.05, 4.69) is 350 Å². The summed E-state index contributed by atoms with van der Waals surface area (Å²) >= 11 is 0. The van der Waals surface area contributed by atoms with Gasteiger partial charge in [0.2, 0.25) is 0 Å². The quantitative estimate of drug-likeness (QED) is 0.127. The number of hydrogen-bond acceptors (Lipinski definition) is 8. The van der Waals surface area contributed by atoms with Crippen molar-refractivity contribution < 1.29 is 13.3 Å². The highest BCUT2D eigenvalue weighted by atomic mass is 16.3. The summed E-state index contributed by atoms with van der Waals surface area (Å²) in [6.45, 7) is 7.44. The highest BCUT2D eigenvalue weighted by molar-refractivity contribution is 6.40. The van der Waals surface area contributed by atoms with E-state index in [1.165, 1.54) is 27.5 Å². The van der Waals surface area contributed by atoms with Gasteiger partial charge in [0, 0.05) is 108 Å². The predicted molar refractivity (Wildman–Crippen MR) is 440 cm³/mol. The summed E-state index contributed by atoms with van der Waals surface area (Å²) in [5.74, 6) is 0. The predicted octanol–water partition coefficient (Wildman–Crippen LogP) is 26.7. The highest BCUT2D eigenvalue weighted by Crippen LogP contribution is 2.57. The minimum absolute atomic E-state index is 0.143. The van der Waals surface area contributed by atoms with Gasteiger partial charge in [0.15, 0.2) is 11.2 Å². The van der Waals surface area contributed by atoms with Gasteiger partial charge in [0.05, 0.1) is 28.8 Å². The van der Waals surface area contributed by atoms with Gasteiger partial charge in [-0.2, -0.15) is 0 Å². The highest BCUT2D eigenvalue weighted by Gasteiger charge is 2.34. The first kappa shape index (κ1) is 61.1. The third-order valence-electron chi connectivity index (χ3n) is 22.1. The monoisotopic (exact) mass is 1360 g/mol. The van der Waals surface area contributed by atoms with E-state index in [0.717, 1.165) is 172 Å². The number of para-hydroxylation sites is 3. The molecule has 0 radical (unpaired) electrons. The first-order chi connectivity index (χ1) is 52.3. The number of hydrogen-bond donors (Lipinski definition) is 0. The number of aromatic nitrogens is 2. The number of fused-ring (bicyclic) bond motifs is 7. The number of nitrogens with zero attached hydrogens (tertiary/aromatic N) is 5. The molecule has 14 aromatic carbocycles. The van der Waals surface area contributed by atoms with Crippen molar-refractivity contribution >= 4 is 138 Å². The Kier molecular flexibility index (Phi) is 13.9. The molecule has 0 amide bonds. The minimum Gasteiger partial charge on any atom is -0.456 e. The van der Waals surface area contributed by atoms with E-state index in [1.54, 1.807) is 0 Å². The van der Waals surface area contributed by atoms with E-state index in [-0.39, 0.29) is 11.5 Å². The molecule has 502 valence electrons. The second kappa shape index (κ2) is 24.0. The zero-order valence-electron chi connectivity index (χ0n) is 58.5. The molecule has 1 atom stereocenters. The Morgan fingerprint density at radius 2 is 1.08 bits per heavy atom. The molecule has 21 rings (SSSR count). The second-order valence-corrected chi connectivity index (χ2v) is 29.0. The van der Waals surface area contributed by atoms with Crippen LogP contribution in [0.5, 0.6) is 0 Å². The maximum Gasteiger partial charge on any atom is 0.160 e. The summed E-state index contributed by atoms with van der Waals surface area (Å²) in [6.07, 6.45) is 16.8. The Bertz CT molecular complexity index is 6870. The lowest BCUT2D eigenvalue weighted by Gasteiger charge is -2.32. The summed E-state index contributed by atoms with van der Waals surface area (Å²) in [7, 11) is 0. The zero-order chi connectivity index (χ0) is 70.3. The molecule has 2 aliphatic rings. The van der Waals surface area contributed by atoms with Crippen LogP contribution in [-0.2, 0) is 5.41 Å². The van der Waals surface area contributed by atoms with Crippen molar-refractivity contribution in [1.29, 1.82) is 0 Å². The fourth-order valence-corrected chi connectivity index (χ4v) is 17.2. The molecule has 1 unspecified atom stereocenters. The van der Waals surface area contributed by atoms with E-state index in [1.807, 2.05) is 24.7 Å². The normalized spacial score (nSPS) is 14.0. The number of benzene rings is 13. The number of anilines is 6. The van der Waals surface area contributed by atoms with E-state index < -0.39 is 0 Å². The largest absolute Gasteiger partial charge is 0.456 e. The van der Waals surface area contributed by atoms with Crippen molar-refractivity contribution in [1.82, 2.24) is 9.97 Å². The summed E-state index contributed by atoms with van der Waals surface area (Å²) in [4.78, 5) is 17.3. The van der Waals surface area contributed by atoms with Crippen LogP contribution in [0.25, 0.3) is 148 Å². The zero-order valence-corrected chi connectivity index (χ0v) is 58.5. The lowest BCUT2D eigenvalue weighted by atomic mass is 9.86. The molecule has 0 bridgehead atoms. The number of furan rings is 3. The summed E-state index contributed by atoms with van der Waals surface area (Å²) in [6, 6.07) is 103. The molecule has 19 aromatic rings. The van der Waals surface area contributed by atoms with E-state index in [4.69, 9.17) is 18.2 Å². The Labute approximate surface area is 611 Å². The summed E-state index contributed by atoms with van der Waals surface area (Å²) in [5.41, 5.74) is 24.3. The fourth-order valence-electron chi connectivity index (χ4n) is 17.2. The summed E-state index contributed by atoms with van der Waals surface area (Å²) in [5, 5.41) is 12.6. The standard InChI is InChI=1S/C98H67N5O3/c1-98(2,3)65-29-20-31-67(59-65)103(66-30-18-28-64(58-66)60-22-6-4-7-23-60)84-46-44-75-74-43-45-83(101-56-17-16-39-81(101)77-37-21-36-76-73-34-13-15-40-85(73)104-94(76)77)96-89(74)91-78(41-42-79(95(91)106-96)93-87(63-25-8-5-9-26-63)69(51-55-100-93)62-49-53-99-54-50-62)88-82(47-48-86-92(88)90(75)97(84)105-86)102-57-52-71(72-33-12-14-38-80(72)102)70-35-19-27-61-24-10-11-32-68(61)70/h4-56,58-59,81H,57H2,1-3H3. The second-order valence-electron chi connectivity index (χ2n) is 29.0. The van der Waals surface area contributed by atoms with E-state index in [9.17, 15) is 0 Å². The van der Waals surface area contributed by atoms with Crippen LogP contribution < -0.4 is 14.7 Å². The average molecular weight is 1360 g/mol. The van der Waals surface area contributed by atoms with Gasteiger partial charge in [0.25, 0.3) is 0 Å². The molecule has 0 N–H and O–H groups in total. The third-order valence-corrected chi connectivity index (χ3v) is 22.1. The van der Waals surface area contributed by atoms with Crippen molar-refractivity contribution in [2.45, 2.75) is 32.2 Å². The van der Waals surface area contributed by atoms with E-state index >= 15 is 0 Å². The SMILES string of the molecule is CC(C)(C)c1cccc(N(c2cccc(-c3ccccc3)c2)c2ccc3c4ccc(N5C=CC=CC5c5cccc6c5oc5ccccc56)c5oc6c(-c7nccc(-c8ccncc8)c7-c7ccccc7)ccc(c7c(N8CC=C(c9cccc%10ccccc9%10)c9ccccc98)ccc8oc2c3c87)c6c54)c1. The first-order valence-corrected chi connectivity index (χ1v) is 36.4.